The van der Waals surface area contributed by atoms with Crippen LogP contribution in [-0.4, -0.2) is 55.7 Å². The zero-order chi connectivity index (χ0) is 15.4. The van der Waals surface area contributed by atoms with E-state index in [1.807, 2.05) is 12.1 Å². The SMILES string of the molecule is CCC(N)C(c1ccccc1OC)N1CCN(C)C(C)C1. The first-order valence-corrected chi connectivity index (χ1v) is 7.91. The number of nitrogens with zero attached hydrogens (tertiary/aromatic N) is 2. The summed E-state index contributed by atoms with van der Waals surface area (Å²) >= 11 is 0. The van der Waals surface area contributed by atoms with E-state index in [1.54, 1.807) is 7.11 Å². The summed E-state index contributed by atoms with van der Waals surface area (Å²) in [5.41, 5.74) is 7.69. The molecule has 0 saturated carbocycles. The highest BCUT2D eigenvalue weighted by Gasteiger charge is 2.32. The molecule has 4 heteroatoms. The van der Waals surface area contributed by atoms with Crippen molar-refractivity contribution in [3.8, 4) is 5.75 Å². The van der Waals surface area contributed by atoms with Crippen LogP contribution in [0, 0.1) is 0 Å². The molecule has 2 N–H and O–H groups in total. The average Bonchev–Trinajstić information content (AvgIpc) is 2.51. The van der Waals surface area contributed by atoms with Gasteiger partial charge >= 0.3 is 0 Å². The van der Waals surface area contributed by atoms with Crippen molar-refractivity contribution in [2.75, 3.05) is 33.8 Å². The highest BCUT2D eigenvalue weighted by molar-refractivity contribution is 5.37. The molecule has 1 saturated heterocycles. The smallest absolute Gasteiger partial charge is 0.123 e. The summed E-state index contributed by atoms with van der Waals surface area (Å²) in [6, 6.07) is 9.18. The second kappa shape index (κ2) is 7.25. The zero-order valence-corrected chi connectivity index (χ0v) is 13.7. The summed E-state index contributed by atoms with van der Waals surface area (Å²) in [7, 11) is 3.93. The van der Waals surface area contributed by atoms with Crippen LogP contribution in [0.1, 0.15) is 31.9 Å². The molecule has 0 radical (unpaired) electrons. The van der Waals surface area contributed by atoms with Gasteiger partial charge in [-0.05, 0) is 26.5 Å². The Morgan fingerprint density at radius 1 is 1.33 bits per heavy atom. The van der Waals surface area contributed by atoms with Crippen LogP contribution in [0.4, 0.5) is 0 Å². The summed E-state index contributed by atoms with van der Waals surface area (Å²) in [4.78, 5) is 4.93. The molecule has 1 aliphatic heterocycles. The van der Waals surface area contributed by atoms with E-state index in [1.165, 1.54) is 5.56 Å². The van der Waals surface area contributed by atoms with Crippen LogP contribution in [0.2, 0.25) is 0 Å². The number of hydrogen-bond acceptors (Lipinski definition) is 4. The quantitative estimate of drug-likeness (QED) is 0.902. The first kappa shape index (κ1) is 16.3. The molecule has 3 atom stereocenters. The third kappa shape index (κ3) is 3.57. The Bertz CT molecular complexity index is 451. The van der Waals surface area contributed by atoms with Gasteiger partial charge in [0.25, 0.3) is 0 Å². The third-order valence-electron chi connectivity index (χ3n) is 4.72. The molecular formula is C17H29N3O. The number of ether oxygens (including phenoxy) is 1. The second-order valence-corrected chi connectivity index (χ2v) is 6.08. The van der Waals surface area contributed by atoms with Crippen LogP contribution in [0.25, 0.3) is 0 Å². The van der Waals surface area contributed by atoms with Crippen LogP contribution >= 0.6 is 0 Å². The fraction of sp³-hybridized carbons (Fsp3) is 0.647. The molecule has 1 heterocycles. The predicted octanol–water partition coefficient (Wildman–Crippen LogP) is 2.11. The Labute approximate surface area is 128 Å². The van der Waals surface area contributed by atoms with Crippen LogP contribution in [-0.2, 0) is 0 Å². The molecule has 0 bridgehead atoms. The topological polar surface area (TPSA) is 41.7 Å². The molecule has 1 aromatic carbocycles. The van der Waals surface area contributed by atoms with Crippen molar-refractivity contribution in [2.24, 2.45) is 5.73 Å². The van der Waals surface area contributed by atoms with Crippen LogP contribution in [0.5, 0.6) is 5.75 Å². The molecule has 0 aromatic heterocycles. The van der Waals surface area contributed by atoms with E-state index in [0.717, 1.165) is 31.8 Å². The van der Waals surface area contributed by atoms with Crippen molar-refractivity contribution in [2.45, 2.75) is 38.4 Å². The van der Waals surface area contributed by atoms with Crippen molar-refractivity contribution in [3.05, 3.63) is 29.8 Å². The molecule has 0 aliphatic carbocycles. The van der Waals surface area contributed by atoms with Crippen LogP contribution in [0.3, 0.4) is 0 Å². The Balaban J connectivity index is 2.30. The van der Waals surface area contributed by atoms with Gasteiger partial charge in [-0.25, -0.2) is 0 Å². The van der Waals surface area contributed by atoms with E-state index in [-0.39, 0.29) is 12.1 Å². The third-order valence-corrected chi connectivity index (χ3v) is 4.72. The van der Waals surface area contributed by atoms with Gasteiger partial charge in [0.2, 0.25) is 0 Å². The fourth-order valence-electron chi connectivity index (χ4n) is 3.16. The Morgan fingerprint density at radius 2 is 2.05 bits per heavy atom. The summed E-state index contributed by atoms with van der Waals surface area (Å²) < 4.78 is 5.57. The number of hydrogen-bond donors (Lipinski definition) is 1. The second-order valence-electron chi connectivity index (χ2n) is 6.08. The molecule has 21 heavy (non-hydrogen) atoms. The first-order chi connectivity index (χ1) is 10.1. The number of likely N-dealkylation sites (N-methyl/N-ethyl adjacent to an activating group) is 1. The van der Waals surface area contributed by atoms with Crippen molar-refractivity contribution in [1.82, 2.24) is 9.80 Å². The maximum atomic E-state index is 6.47. The van der Waals surface area contributed by atoms with Gasteiger partial charge in [0.15, 0.2) is 0 Å². The highest BCUT2D eigenvalue weighted by atomic mass is 16.5. The lowest BCUT2D eigenvalue weighted by Gasteiger charge is -2.44. The number of para-hydroxylation sites is 1. The van der Waals surface area contributed by atoms with Crippen molar-refractivity contribution in [1.29, 1.82) is 0 Å². The molecule has 3 unspecified atom stereocenters. The summed E-state index contributed by atoms with van der Waals surface area (Å²) in [5.74, 6) is 0.943. The Morgan fingerprint density at radius 3 is 2.67 bits per heavy atom. The minimum absolute atomic E-state index is 0.122. The summed E-state index contributed by atoms with van der Waals surface area (Å²) in [6.45, 7) is 7.63. The van der Waals surface area contributed by atoms with E-state index in [4.69, 9.17) is 10.5 Å². The van der Waals surface area contributed by atoms with E-state index >= 15 is 0 Å². The van der Waals surface area contributed by atoms with Gasteiger partial charge < -0.3 is 15.4 Å². The lowest BCUT2D eigenvalue weighted by atomic mass is 9.94. The average molecular weight is 291 g/mol. The van der Waals surface area contributed by atoms with E-state index in [0.29, 0.717) is 6.04 Å². The van der Waals surface area contributed by atoms with Gasteiger partial charge in [-0.3, -0.25) is 4.90 Å². The Hall–Kier alpha value is -1.10. The fourth-order valence-corrected chi connectivity index (χ4v) is 3.16. The maximum absolute atomic E-state index is 6.47. The lowest BCUT2D eigenvalue weighted by Crippen LogP contribution is -2.54. The Kier molecular flexibility index (Phi) is 5.62. The van der Waals surface area contributed by atoms with Crippen molar-refractivity contribution in [3.63, 3.8) is 0 Å². The van der Waals surface area contributed by atoms with Crippen LogP contribution < -0.4 is 10.5 Å². The zero-order valence-electron chi connectivity index (χ0n) is 13.7. The number of piperazine rings is 1. The van der Waals surface area contributed by atoms with Gasteiger partial charge in [-0.2, -0.15) is 0 Å². The normalized spacial score (nSPS) is 23.8. The molecule has 1 fully saturated rings. The predicted molar refractivity (Wildman–Crippen MR) is 87.7 cm³/mol. The first-order valence-electron chi connectivity index (χ1n) is 7.91. The van der Waals surface area contributed by atoms with Crippen LogP contribution in [0.15, 0.2) is 24.3 Å². The van der Waals surface area contributed by atoms with Gasteiger partial charge in [-0.15, -0.1) is 0 Å². The minimum Gasteiger partial charge on any atom is -0.496 e. The van der Waals surface area contributed by atoms with Gasteiger partial charge in [0.1, 0.15) is 5.75 Å². The monoisotopic (exact) mass is 291 g/mol. The van der Waals surface area contributed by atoms with Crippen molar-refractivity contribution < 1.29 is 4.74 Å². The van der Waals surface area contributed by atoms with Gasteiger partial charge in [0, 0.05) is 37.3 Å². The highest BCUT2D eigenvalue weighted by Crippen LogP contribution is 2.33. The van der Waals surface area contributed by atoms with Gasteiger partial charge in [-0.1, -0.05) is 25.1 Å². The van der Waals surface area contributed by atoms with Gasteiger partial charge in [0.05, 0.1) is 13.2 Å². The molecule has 2 rings (SSSR count). The molecule has 0 amide bonds. The number of methoxy groups -OCH3 is 1. The minimum atomic E-state index is 0.122. The molecule has 118 valence electrons. The molecule has 1 aliphatic rings. The van der Waals surface area contributed by atoms with Crippen molar-refractivity contribution >= 4 is 0 Å². The number of nitrogens with two attached hydrogens (primary N) is 1. The van der Waals surface area contributed by atoms with E-state index in [9.17, 15) is 0 Å². The largest absolute Gasteiger partial charge is 0.496 e. The van der Waals surface area contributed by atoms with E-state index < -0.39 is 0 Å². The molecular weight excluding hydrogens is 262 g/mol. The van der Waals surface area contributed by atoms with E-state index in [2.05, 4.69) is 42.8 Å². The molecule has 1 aromatic rings. The molecule has 4 nitrogen and oxygen atoms in total. The standard InChI is InChI=1S/C17H29N3O/c1-5-15(18)17(14-8-6-7-9-16(14)21-4)20-11-10-19(3)13(2)12-20/h6-9,13,15,17H,5,10-12,18H2,1-4H3. The maximum Gasteiger partial charge on any atom is 0.123 e. The molecule has 0 spiro atoms. The number of benzene rings is 1. The summed E-state index contributed by atoms with van der Waals surface area (Å²) in [5, 5.41) is 0. The lowest BCUT2D eigenvalue weighted by molar-refractivity contribution is 0.0602. The summed E-state index contributed by atoms with van der Waals surface area (Å²) in [6.07, 6.45) is 0.962. The number of rotatable bonds is 5.